The Morgan fingerprint density at radius 2 is 2.00 bits per heavy atom. The van der Waals surface area contributed by atoms with Crippen LogP contribution in [0.3, 0.4) is 0 Å². The SMILES string of the molecule is CC(=O)OCC1CNCc2ccc(Nc3ncc4c5ccncc5n(C5CCC(C)CC5)c4n3)nc21. The van der Waals surface area contributed by atoms with Gasteiger partial charge in [0.2, 0.25) is 5.95 Å². The van der Waals surface area contributed by atoms with E-state index in [1.54, 1.807) is 0 Å². The number of ether oxygens (including phenoxy) is 1. The lowest BCUT2D eigenvalue weighted by Gasteiger charge is -2.28. The number of carbonyl (C=O) groups is 1. The number of hydrogen-bond donors (Lipinski definition) is 2. The second-order valence-corrected chi connectivity index (χ2v) is 10.1. The molecule has 0 aromatic carbocycles. The summed E-state index contributed by atoms with van der Waals surface area (Å²) in [6.45, 7) is 5.54. The zero-order valence-electron chi connectivity index (χ0n) is 20.7. The molecule has 2 aliphatic rings. The zero-order valence-corrected chi connectivity index (χ0v) is 20.7. The van der Waals surface area contributed by atoms with Gasteiger partial charge in [0.25, 0.3) is 0 Å². The highest BCUT2D eigenvalue weighted by atomic mass is 16.5. The molecule has 0 saturated heterocycles. The summed E-state index contributed by atoms with van der Waals surface area (Å²) in [6.07, 6.45) is 10.4. The van der Waals surface area contributed by atoms with Crippen LogP contribution in [0.15, 0.2) is 36.8 Å². The predicted octanol–water partition coefficient (Wildman–Crippen LogP) is 4.62. The van der Waals surface area contributed by atoms with Crippen molar-refractivity contribution in [3.8, 4) is 0 Å². The van der Waals surface area contributed by atoms with Crippen LogP contribution in [-0.2, 0) is 16.1 Å². The molecule has 1 unspecified atom stereocenters. The minimum atomic E-state index is -0.281. The van der Waals surface area contributed by atoms with Crippen LogP contribution in [0.1, 0.15) is 62.7 Å². The molecule has 0 amide bonds. The number of fused-ring (bicyclic) bond motifs is 4. The van der Waals surface area contributed by atoms with Crippen molar-refractivity contribution in [2.75, 3.05) is 18.5 Å². The molecule has 9 nitrogen and oxygen atoms in total. The van der Waals surface area contributed by atoms with Gasteiger partial charge in [-0.2, -0.15) is 4.98 Å². The number of aromatic nitrogens is 5. The number of pyridine rings is 2. The first-order valence-corrected chi connectivity index (χ1v) is 12.8. The van der Waals surface area contributed by atoms with Crippen molar-refractivity contribution in [3.05, 3.63) is 48.0 Å². The van der Waals surface area contributed by atoms with Gasteiger partial charge in [-0.05, 0) is 49.3 Å². The zero-order chi connectivity index (χ0) is 24.6. The van der Waals surface area contributed by atoms with Gasteiger partial charge in [-0.25, -0.2) is 9.97 Å². The largest absolute Gasteiger partial charge is 0.465 e. The van der Waals surface area contributed by atoms with Crippen molar-refractivity contribution in [2.24, 2.45) is 5.92 Å². The maximum Gasteiger partial charge on any atom is 0.302 e. The predicted molar refractivity (Wildman–Crippen MR) is 138 cm³/mol. The fourth-order valence-electron chi connectivity index (χ4n) is 5.62. The summed E-state index contributed by atoms with van der Waals surface area (Å²) in [4.78, 5) is 30.2. The van der Waals surface area contributed by atoms with Gasteiger partial charge in [0.1, 0.15) is 18.1 Å². The molecule has 1 atom stereocenters. The molecule has 1 aliphatic carbocycles. The summed E-state index contributed by atoms with van der Waals surface area (Å²) in [5.74, 6) is 1.69. The Morgan fingerprint density at radius 3 is 2.83 bits per heavy atom. The minimum absolute atomic E-state index is 0.00604. The molecular formula is C27H31N7O2. The third-order valence-corrected chi connectivity index (χ3v) is 7.53. The molecule has 1 saturated carbocycles. The molecule has 9 heteroatoms. The van der Waals surface area contributed by atoms with Crippen molar-refractivity contribution >= 4 is 39.7 Å². The Kier molecular flexibility index (Phi) is 6.00. The quantitative estimate of drug-likeness (QED) is 0.395. The Bertz CT molecular complexity index is 1420. The van der Waals surface area contributed by atoms with Gasteiger partial charge in [0, 0.05) is 55.1 Å². The van der Waals surface area contributed by atoms with Crippen molar-refractivity contribution in [1.82, 2.24) is 29.8 Å². The molecule has 1 fully saturated rings. The van der Waals surface area contributed by atoms with Gasteiger partial charge < -0.3 is 19.9 Å². The molecule has 4 aromatic rings. The van der Waals surface area contributed by atoms with E-state index in [-0.39, 0.29) is 11.9 Å². The lowest BCUT2D eigenvalue weighted by Crippen LogP contribution is -2.32. The van der Waals surface area contributed by atoms with E-state index in [1.165, 1.54) is 19.8 Å². The van der Waals surface area contributed by atoms with Crippen molar-refractivity contribution in [2.45, 2.75) is 58.0 Å². The third kappa shape index (κ3) is 4.28. The van der Waals surface area contributed by atoms with Gasteiger partial charge in [0.05, 0.1) is 17.4 Å². The lowest BCUT2D eigenvalue weighted by molar-refractivity contribution is -0.141. The normalized spacial score (nSPS) is 21.9. The summed E-state index contributed by atoms with van der Waals surface area (Å²) >= 11 is 0. The van der Waals surface area contributed by atoms with E-state index in [4.69, 9.17) is 14.7 Å². The van der Waals surface area contributed by atoms with E-state index < -0.39 is 0 Å². The van der Waals surface area contributed by atoms with Crippen LogP contribution >= 0.6 is 0 Å². The minimum Gasteiger partial charge on any atom is -0.465 e. The monoisotopic (exact) mass is 485 g/mol. The van der Waals surface area contributed by atoms with E-state index in [0.29, 0.717) is 31.0 Å². The lowest BCUT2D eigenvalue weighted by atomic mass is 9.87. The van der Waals surface area contributed by atoms with Crippen LogP contribution in [-0.4, -0.2) is 43.6 Å². The number of rotatable bonds is 5. The number of nitrogens with zero attached hydrogens (tertiary/aromatic N) is 5. The molecule has 186 valence electrons. The second-order valence-electron chi connectivity index (χ2n) is 10.1. The molecule has 6 rings (SSSR count). The maximum absolute atomic E-state index is 11.3. The molecule has 0 spiro atoms. The highest BCUT2D eigenvalue weighted by Gasteiger charge is 2.25. The van der Waals surface area contributed by atoms with E-state index in [1.807, 2.05) is 24.7 Å². The molecular weight excluding hydrogens is 454 g/mol. The van der Waals surface area contributed by atoms with Crippen LogP contribution in [0.2, 0.25) is 0 Å². The molecule has 36 heavy (non-hydrogen) atoms. The average Bonchev–Trinajstić information content (AvgIpc) is 3.21. The molecule has 2 N–H and O–H groups in total. The topological polar surface area (TPSA) is 107 Å². The van der Waals surface area contributed by atoms with Crippen LogP contribution in [0.25, 0.3) is 21.9 Å². The summed E-state index contributed by atoms with van der Waals surface area (Å²) in [5.41, 5.74) is 4.10. The van der Waals surface area contributed by atoms with Crippen molar-refractivity contribution in [3.63, 3.8) is 0 Å². The van der Waals surface area contributed by atoms with Crippen molar-refractivity contribution < 1.29 is 9.53 Å². The van der Waals surface area contributed by atoms with Gasteiger partial charge in [0.15, 0.2) is 0 Å². The average molecular weight is 486 g/mol. The Hall–Kier alpha value is -3.59. The van der Waals surface area contributed by atoms with Crippen LogP contribution in [0.4, 0.5) is 11.8 Å². The molecule has 4 aromatic heterocycles. The van der Waals surface area contributed by atoms with Gasteiger partial charge >= 0.3 is 5.97 Å². The molecule has 5 heterocycles. The van der Waals surface area contributed by atoms with E-state index in [2.05, 4.69) is 44.2 Å². The Balaban J connectivity index is 1.35. The van der Waals surface area contributed by atoms with E-state index in [9.17, 15) is 4.79 Å². The number of carbonyl (C=O) groups excluding carboxylic acids is 1. The summed E-state index contributed by atoms with van der Waals surface area (Å²) in [7, 11) is 0. The van der Waals surface area contributed by atoms with Crippen LogP contribution in [0.5, 0.6) is 0 Å². The van der Waals surface area contributed by atoms with E-state index >= 15 is 0 Å². The fraction of sp³-hybridized carbons (Fsp3) is 0.444. The summed E-state index contributed by atoms with van der Waals surface area (Å²) in [5, 5.41) is 8.88. The summed E-state index contributed by atoms with van der Waals surface area (Å²) in [6, 6.07) is 6.47. The smallest absolute Gasteiger partial charge is 0.302 e. The van der Waals surface area contributed by atoms with Crippen LogP contribution < -0.4 is 10.6 Å². The Morgan fingerprint density at radius 1 is 1.14 bits per heavy atom. The number of hydrogen-bond acceptors (Lipinski definition) is 8. The number of nitrogens with one attached hydrogen (secondary N) is 2. The van der Waals surface area contributed by atoms with E-state index in [0.717, 1.165) is 58.5 Å². The maximum atomic E-state index is 11.3. The highest BCUT2D eigenvalue weighted by molar-refractivity contribution is 6.06. The van der Waals surface area contributed by atoms with Gasteiger partial charge in [-0.15, -0.1) is 0 Å². The highest BCUT2D eigenvalue weighted by Crippen LogP contribution is 2.38. The molecule has 1 aliphatic heterocycles. The number of anilines is 2. The fourth-order valence-corrected chi connectivity index (χ4v) is 5.62. The Labute approximate surface area is 209 Å². The summed E-state index contributed by atoms with van der Waals surface area (Å²) < 4.78 is 7.65. The molecule has 0 bridgehead atoms. The first-order valence-electron chi connectivity index (χ1n) is 12.8. The van der Waals surface area contributed by atoms with Crippen LogP contribution in [0, 0.1) is 5.92 Å². The number of esters is 1. The third-order valence-electron chi connectivity index (χ3n) is 7.53. The standard InChI is InChI=1S/C27H31N7O2/c1-16-3-6-20(7-4-16)34-23-14-28-10-9-21(23)22-13-30-27(33-26(22)34)32-24-8-5-18-11-29-12-19(25(18)31-24)15-36-17(2)35/h5,8-10,13-14,16,19-20,29H,3-4,6-7,11-12,15H2,1-2H3,(H,30,31,32,33). The molecule has 0 radical (unpaired) electrons. The second kappa shape index (κ2) is 9.46. The van der Waals surface area contributed by atoms with Gasteiger partial charge in [-0.3, -0.25) is 9.78 Å². The van der Waals surface area contributed by atoms with Crippen molar-refractivity contribution in [1.29, 1.82) is 0 Å². The first kappa shape index (κ1) is 22.8. The van der Waals surface area contributed by atoms with Gasteiger partial charge in [-0.1, -0.05) is 13.0 Å². The first-order chi connectivity index (χ1) is 17.6.